The first-order chi connectivity index (χ1) is 12.3. The first kappa shape index (κ1) is 19.4. The Kier molecular flexibility index (Phi) is 5.72. The molecule has 1 aliphatic rings. The molecule has 6 nitrogen and oxygen atoms in total. The molecular formula is C18H25ClN4O2S. The third kappa shape index (κ3) is 3.67. The minimum Gasteiger partial charge on any atom is -0.296 e. The van der Waals surface area contributed by atoms with Crippen LogP contribution >= 0.6 is 11.6 Å². The minimum absolute atomic E-state index is 0.360. The minimum atomic E-state index is -3.52. The maximum absolute atomic E-state index is 13.1. The molecule has 0 atom stereocenters. The highest BCUT2D eigenvalue weighted by Gasteiger charge is 2.33. The predicted molar refractivity (Wildman–Crippen MR) is 103 cm³/mol. The number of rotatable bonds is 5. The number of aryl methyl sites for hydroxylation is 2. The molecule has 1 aromatic carbocycles. The molecule has 8 heteroatoms. The summed E-state index contributed by atoms with van der Waals surface area (Å²) in [4.78, 5) is 2.60. The van der Waals surface area contributed by atoms with Crippen LogP contribution in [0, 0.1) is 13.8 Å². The second kappa shape index (κ2) is 7.68. The molecule has 0 spiro atoms. The van der Waals surface area contributed by atoms with Gasteiger partial charge in [-0.1, -0.05) is 29.8 Å². The monoisotopic (exact) mass is 396 g/mol. The topological polar surface area (TPSA) is 58.4 Å². The highest BCUT2D eigenvalue weighted by atomic mass is 35.5. The molecule has 0 bridgehead atoms. The van der Waals surface area contributed by atoms with Crippen molar-refractivity contribution in [2.24, 2.45) is 0 Å². The van der Waals surface area contributed by atoms with Gasteiger partial charge in [0.2, 0.25) is 10.0 Å². The first-order valence-electron chi connectivity index (χ1n) is 8.84. The second-order valence-corrected chi connectivity index (χ2v) is 8.87. The molecule has 142 valence electrons. The summed E-state index contributed by atoms with van der Waals surface area (Å²) in [6.07, 6.45) is 0. The molecular weight excluding hydrogens is 372 g/mol. The van der Waals surface area contributed by atoms with Gasteiger partial charge in [0.05, 0.1) is 11.4 Å². The Morgan fingerprint density at radius 3 is 2.35 bits per heavy atom. The van der Waals surface area contributed by atoms with Crippen LogP contribution in [0.2, 0.25) is 5.02 Å². The van der Waals surface area contributed by atoms with E-state index in [1.807, 2.05) is 38.1 Å². The zero-order valence-electron chi connectivity index (χ0n) is 15.4. The van der Waals surface area contributed by atoms with Crippen molar-refractivity contribution in [1.82, 2.24) is 19.0 Å². The molecule has 1 aliphatic heterocycles. The summed E-state index contributed by atoms with van der Waals surface area (Å²) in [5, 5.41) is 5.11. The average molecular weight is 397 g/mol. The van der Waals surface area contributed by atoms with E-state index in [4.69, 9.17) is 11.6 Å². The van der Waals surface area contributed by atoms with Gasteiger partial charge in [-0.15, -0.1) is 0 Å². The van der Waals surface area contributed by atoms with Crippen LogP contribution in [-0.4, -0.2) is 53.6 Å². The van der Waals surface area contributed by atoms with Gasteiger partial charge < -0.3 is 0 Å². The van der Waals surface area contributed by atoms with E-state index in [1.54, 1.807) is 15.9 Å². The van der Waals surface area contributed by atoms with E-state index in [0.717, 1.165) is 17.1 Å². The van der Waals surface area contributed by atoms with Crippen molar-refractivity contribution in [3.05, 3.63) is 46.2 Å². The Balaban J connectivity index is 1.71. The lowest BCUT2D eigenvalue weighted by molar-refractivity contribution is 0.181. The second-order valence-electron chi connectivity index (χ2n) is 6.59. The van der Waals surface area contributed by atoms with Gasteiger partial charge in [-0.2, -0.15) is 9.40 Å². The Hall–Kier alpha value is -1.41. The fourth-order valence-electron chi connectivity index (χ4n) is 3.49. The molecule has 0 amide bonds. The number of benzene rings is 1. The number of aromatic nitrogens is 2. The molecule has 1 fully saturated rings. The Morgan fingerprint density at radius 2 is 1.77 bits per heavy atom. The Bertz CT molecular complexity index is 887. The van der Waals surface area contributed by atoms with Crippen molar-refractivity contribution < 1.29 is 8.42 Å². The summed E-state index contributed by atoms with van der Waals surface area (Å²) in [6, 6.07) is 7.78. The number of hydrogen-bond acceptors (Lipinski definition) is 4. The number of nitrogens with zero attached hydrogens (tertiary/aromatic N) is 4. The predicted octanol–water partition coefficient (Wildman–Crippen LogP) is 2.68. The molecule has 0 saturated carbocycles. The van der Waals surface area contributed by atoms with E-state index in [1.165, 1.54) is 0 Å². The summed E-state index contributed by atoms with van der Waals surface area (Å²) >= 11 is 6.23. The van der Waals surface area contributed by atoms with Gasteiger partial charge in [-0.3, -0.25) is 9.58 Å². The van der Waals surface area contributed by atoms with Crippen LogP contribution < -0.4 is 0 Å². The van der Waals surface area contributed by atoms with Crippen molar-refractivity contribution in [3.63, 3.8) is 0 Å². The third-order valence-electron chi connectivity index (χ3n) is 4.90. The van der Waals surface area contributed by atoms with Gasteiger partial charge in [0, 0.05) is 44.3 Å². The van der Waals surface area contributed by atoms with Crippen LogP contribution in [0.25, 0.3) is 0 Å². The van der Waals surface area contributed by atoms with E-state index < -0.39 is 10.0 Å². The molecule has 2 heterocycles. The highest BCUT2D eigenvalue weighted by Crippen LogP contribution is 2.25. The quantitative estimate of drug-likeness (QED) is 0.779. The lowest BCUT2D eigenvalue weighted by Gasteiger charge is -2.34. The molecule has 0 unspecified atom stereocenters. The summed E-state index contributed by atoms with van der Waals surface area (Å²) in [6.45, 7) is 9.26. The molecule has 0 N–H and O–H groups in total. The summed E-state index contributed by atoms with van der Waals surface area (Å²) in [5.74, 6) is 0. The maximum atomic E-state index is 13.1. The lowest BCUT2D eigenvalue weighted by atomic mass is 10.2. The van der Waals surface area contributed by atoms with Crippen molar-refractivity contribution >= 4 is 21.6 Å². The largest absolute Gasteiger partial charge is 0.296 e. The van der Waals surface area contributed by atoms with E-state index >= 15 is 0 Å². The molecule has 2 aromatic rings. The number of hydrogen-bond donors (Lipinski definition) is 0. The summed E-state index contributed by atoms with van der Waals surface area (Å²) < 4.78 is 29.5. The fraction of sp³-hybridized carbons (Fsp3) is 0.500. The SMILES string of the molecule is CCn1nc(C)c(S(=O)(=O)N2CCN(Cc3ccccc3Cl)CC2)c1C. The third-order valence-corrected chi connectivity index (χ3v) is 7.42. The standard InChI is InChI=1S/C18H25ClN4O2S/c1-4-23-15(3)18(14(2)20-23)26(24,25)22-11-9-21(10-12-22)13-16-7-5-6-8-17(16)19/h5-8H,4,9-13H2,1-3H3. The van der Waals surface area contributed by atoms with Gasteiger partial charge in [-0.05, 0) is 32.4 Å². The van der Waals surface area contributed by atoms with Gasteiger partial charge in [-0.25, -0.2) is 8.42 Å². The highest BCUT2D eigenvalue weighted by molar-refractivity contribution is 7.89. The van der Waals surface area contributed by atoms with Crippen LogP contribution in [-0.2, 0) is 23.1 Å². The molecule has 1 saturated heterocycles. The van der Waals surface area contributed by atoms with E-state index in [-0.39, 0.29) is 0 Å². The zero-order valence-corrected chi connectivity index (χ0v) is 17.0. The molecule has 0 radical (unpaired) electrons. The van der Waals surface area contributed by atoms with Crippen molar-refractivity contribution in [1.29, 1.82) is 0 Å². The van der Waals surface area contributed by atoms with Crippen LogP contribution in [0.3, 0.4) is 0 Å². The number of piperazine rings is 1. The molecule has 1 aromatic heterocycles. The molecule has 0 aliphatic carbocycles. The van der Waals surface area contributed by atoms with E-state index in [0.29, 0.717) is 49.0 Å². The van der Waals surface area contributed by atoms with Gasteiger partial charge in [0.25, 0.3) is 0 Å². The summed E-state index contributed by atoms with van der Waals surface area (Å²) in [7, 11) is -3.52. The Labute approximate surface area is 160 Å². The van der Waals surface area contributed by atoms with Crippen LogP contribution in [0.4, 0.5) is 0 Å². The first-order valence-corrected chi connectivity index (χ1v) is 10.7. The maximum Gasteiger partial charge on any atom is 0.246 e. The van der Waals surface area contributed by atoms with Gasteiger partial charge in [0.15, 0.2) is 0 Å². The van der Waals surface area contributed by atoms with Gasteiger partial charge >= 0.3 is 0 Å². The lowest BCUT2D eigenvalue weighted by Crippen LogP contribution is -2.48. The smallest absolute Gasteiger partial charge is 0.246 e. The summed E-state index contributed by atoms with van der Waals surface area (Å²) in [5.41, 5.74) is 2.35. The van der Waals surface area contributed by atoms with Crippen molar-refractivity contribution in [3.8, 4) is 0 Å². The van der Waals surface area contributed by atoms with Crippen LogP contribution in [0.5, 0.6) is 0 Å². The zero-order chi connectivity index (χ0) is 18.9. The molecule has 3 rings (SSSR count). The average Bonchev–Trinajstić information content (AvgIpc) is 2.91. The van der Waals surface area contributed by atoms with Gasteiger partial charge in [0.1, 0.15) is 4.90 Å². The Morgan fingerprint density at radius 1 is 1.12 bits per heavy atom. The number of halogens is 1. The van der Waals surface area contributed by atoms with E-state index in [9.17, 15) is 8.42 Å². The number of sulfonamides is 1. The normalized spacial score (nSPS) is 16.9. The van der Waals surface area contributed by atoms with Crippen LogP contribution in [0.15, 0.2) is 29.2 Å². The van der Waals surface area contributed by atoms with E-state index in [2.05, 4.69) is 10.00 Å². The van der Waals surface area contributed by atoms with Crippen molar-refractivity contribution in [2.45, 2.75) is 38.8 Å². The molecule has 26 heavy (non-hydrogen) atoms. The fourth-order valence-corrected chi connectivity index (χ4v) is 5.48. The van der Waals surface area contributed by atoms with Crippen LogP contribution in [0.1, 0.15) is 23.9 Å². The van der Waals surface area contributed by atoms with Crippen molar-refractivity contribution in [2.75, 3.05) is 26.2 Å².